The molecule has 11 heteroatoms. The number of nitrogens with two attached hydrogens (primary N) is 1. The lowest BCUT2D eigenvalue weighted by atomic mass is 10.4. The molecule has 0 bridgehead atoms. The Morgan fingerprint density at radius 1 is 0.957 bits per heavy atom. The SMILES string of the molecule is NCC(=O)N1CCNCCNCCNCC1.O=C(O)C(F)(F)F. The Labute approximate surface area is 132 Å². The first-order chi connectivity index (χ1) is 10.8. The van der Waals surface area contributed by atoms with Crippen LogP contribution in [0.1, 0.15) is 0 Å². The zero-order valence-corrected chi connectivity index (χ0v) is 12.8. The van der Waals surface area contributed by atoms with Crippen LogP contribution in [0.5, 0.6) is 0 Å². The molecule has 6 N–H and O–H groups in total. The number of aliphatic carboxylic acids is 1. The van der Waals surface area contributed by atoms with Crippen molar-refractivity contribution in [2.45, 2.75) is 6.18 Å². The van der Waals surface area contributed by atoms with Crippen molar-refractivity contribution >= 4 is 11.9 Å². The number of rotatable bonds is 1. The van der Waals surface area contributed by atoms with E-state index in [0.717, 1.165) is 52.4 Å². The summed E-state index contributed by atoms with van der Waals surface area (Å²) in [5, 5.41) is 17.0. The topological polar surface area (TPSA) is 120 Å². The fourth-order valence-electron chi connectivity index (χ4n) is 1.65. The van der Waals surface area contributed by atoms with Gasteiger partial charge in [-0.2, -0.15) is 13.2 Å². The third kappa shape index (κ3) is 11.8. The minimum Gasteiger partial charge on any atom is -0.475 e. The fourth-order valence-corrected chi connectivity index (χ4v) is 1.65. The molecule has 0 spiro atoms. The van der Waals surface area contributed by atoms with Crippen LogP contribution in [0.15, 0.2) is 0 Å². The second-order valence-corrected chi connectivity index (χ2v) is 4.64. The van der Waals surface area contributed by atoms with Gasteiger partial charge in [-0.05, 0) is 0 Å². The lowest BCUT2D eigenvalue weighted by Gasteiger charge is -2.23. The van der Waals surface area contributed by atoms with Gasteiger partial charge in [0.1, 0.15) is 0 Å². The quantitative estimate of drug-likeness (QED) is 0.381. The molecule has 1 saturated heterocycles. The predicted octanol–water partition coefficient (Wildman–Crippen LogP) is -1.81. The number of carboxylic acids is 1. The molecule has 0 unspecified atom stereocenters. The molecule has 8 nitrogen and oxygen atoms in total. The molecule has 0 aromatic rings. The van der Waals surface area contributed by atoms with Gasteiger partial charge in [-0.3, -0.25) is 4.79 Å². The van der Waals surface area contributed by atoms with E-state index >= 15 is 0 Å². The predicted molar refractivity (Wildman–Crippen MR) is 77.9 cm³/mol. The molecule has 1 aliphatic heterocycles. The van der Waals surface area contributed by atoms with E-state index in [0.29, 0.717) is 0 Å². The van der Waals surface area contributed by atoms with Gasteiger partial charge in [0.15, 0.2) is 0 Å². The minimum absolute atomic E-state index is 0.0267. The van der Waals surface area contributed by atoms with Crippen LogP contribution >= 0.6 is 0 Å². The van der Waals surface area contributed by atoms with Gasteiger partial charge in [0.25, 0.3) is 0 Å². The first-order valence-corrected chi connectivity index (χ1v) is 7.19. The van der Waals surface area contributed by atoms with Gasteiger partial charge in [0.2, 0.25) is 5.91 Å². The van der Waals surface area contributed by atoms with Crippen LogP contribution < -0.4 is 21.7 Å². The highest BCUT2D eigenvalue weighted by molar-refractivity contribution is 5.78. The van der Waals surface area contributed by atoms with E-state index in [1.807, 2.05) is 4.90 Å². The monoisotopic (exact) mass is 343 g/mol. The number of carboxylic acid groups (broad SMARTS) is 1. The van der Waals surface area contributed by atoms with Gasteiger partial charge in [0, 0.05) is 52.4 Å². The number of carbonyl (C=O) groups is 2. The van der Waals surface area contributed by atoms with Crippen LogP contribution in [0.2, 0.25) is 0 Å². The second-order valence-electron chi connectivity index (χ2n) is 4.64. The average Bonchev–Trinajstić information content (AvgIpc) is 2.46. The Morgan fingerprint density at radius 3 is 1.61 bits per heavy atom. The molecule has 136 valence electrons. The molecule has 1 aliphatic rings. The number of nitrogens with one attached hydrogen (secondary N) is 3. The van der Waals surface area contributed by atoms with Crippen LogP contribution in [-0.2, 0) is 9.59 Å². The van der Waals surface area contributed by atoms with Gasteiger partial charge in [-0.25, -0.2) is 4.79 Å². The van der Waals surface area contributed by atoms with E-state index in [2.05, 4.69) is 16.0 Å². The molecule has 1 heterocycles. The molecule has 0 saturated carbocycles. The molecule has 1 amide bonds. The first-order valence-electron chi connectivity index (χ1n) is 7.19. The van der Waals surface area contributed by atoms with Gasteiger partial charge >= 0.3 is 12.1 Å². The number of carbonyl (C=O) groups excluding carboxylic acids is 1. The highest BCUT2D eigenvalue weighted by Crippen LogP contribution is 2.13. The Morgan fingerprint density at radius 2 is 1.30 bits per heavy atom. The third-order valence-electron chi connectivity index (χ3n) is 2.84. The fraction of sp³-hybridized carbons (Fsp3) is 0.833. The van der Waals surface area contributed by atoms with Crippen molar-refractivity contribution in [3.05, 3.63) is 0 Å². The van der Waals surface area contributed by atoms with Crippen molar-refractivity contribution in [2.75, 3.05) is 58.9 Å². The van der Waals surface area contributed by atoms with Crippen molar-refractivity contribution in [3.63, 3.8) is 0 Å². The Bertz CT molecular complexity index is 343. The molecule has 23 heavy (non-hydrogen) atoms. The summed E-state index contributed by atoms with van der Waals surface area (Å²) < 4.78 is 31.7. The standard InChI is InChI=1S/C10H23N5O.C2HF3O2/c11-9-10(16)15-7-5-13-3-1-12-2-4-14-6-8-15;3-2(4,5)1(6)7/h12-14H,1-9,11H2;(H,6,7). The van der Waals surface area contributed by atoms with E-state index in [-0.39, 0.29) is 12.5 Å². The molecule has 0 aliphatic carbocycles. The maximum Gasteiger partial charge on any atom is 0.490 e. The van der Waals surface area contributed by atoms with Gasteiger partial charge in [-0.15, -0.1) is 0 Å². The summed E-state index contributed by atoms with van der Waals surface area (Å²) in [6.07, 6.45) is -5.08. The number of nitrogens with zero attached hydrogens (tertiary/aromatic N) is 1. The van der Waals surface area contributed by atoms with E-state index in [1.54, 1.807) is 0 Å². The molecule has 0 aromatic carbocycles. The van der Waals surface area contributed by atoms with Crippen molar-refractivity contribution in [2.24, 2.45) is 5.73 Å². The Hall–Kier alpha value is -1.43. The van der Waals surface area contributed by atoms with Crippen LogP contribution in [0.25, 0.3) is 0 Å². The third-order valence-corrected chi connectivity index (χ3v) is 2.84. The zero-order valence-electron chi connectivity index (χ0n) is 12.8. The summed E-state index contributed by atoms with van der Waals surface area (Å²) in [4.78, 5) is 22.2. The maximum atomic E-state index is 11.5. The van der Waals surface area contributed by atoms with E-state index in [1.165, 1.54) is 0 Å². The van der Waals surface area contributed by atoms with Gasteiger partial charge < -0.3 is 31.7 Å². The van der Waals surface area contributed by atoms with Gasteiger partial charge in [-0.1, -0.05) is 0 Å². The smallest absolute Gasteiger partial charge is 0.475 e. The Balaban J connectivity index is 0.000000585. The molecule has 0 aromatic heterocycles. The normalized spacial score (nSPS) is 18.0. The van der Waals surface area contributed by atoms with Gasteiger partial charge in [0.05, 0.1) is 6.54 Å². The second kappa shape index (κ2) is 12.0. The first kappa shape index (κ1) is 21.6. The minimum atomic E-state index is -5.08. The zero-order chi connectivity index (χ0) is 17.7. The summed E-state index contributed by atoms with van der Waals surface area (Å²) in [5.74, 6) is -2.73. The Kier molecular flexibility index (Phi) is 11.3. The summed E-state index contributed by atoms with van der Waals surface area (Å²) >= 11 is 0. The molecule has 0 radical (unpaired) electrons. The largest absolute Gasteiger partial charge is 0.490 e. The van der Waals surface area contributed by atoms with E-state index in [9.17, 15) is 18.0 Å². The maximum absolute atomic E-state index is 11.5. The van der Waals surface area contributed by atoms with E-state index < -0.39 is 12.1 Å². The average molecular weight is 343 g/mol. The van der Waals surface area contributed by atoms with Crippen molar-refractivity contribution in [3.8, 4) is 0 Å². The lowest BCUT2D eigenvalue weighted by molar-refractivity contribution is -0.192. The van der Waals surface area contributed by atoms with Crippen LogP contribution in [0, 0.1) is 0 Å². The number of amides is 1. The number of halogens is 3. The number of alkyl halides is 3. The van der Waals surface area contributed by atoms with Crippen LogP contribution in [-0.4, -0.2) is 87.0 Å². The summed E-state index contributed by atoms with van der Waals surface area (Å²) in [5.41, 5.74) is 5.38. The van der Waals surface area contributed by atoms with Crippen LogP contribution in [0.4, 0.5) is 13.2 Å². The highest BCUT2D eigenvalue weighted by atomic mass is 19.4. The summed E-state index contributed by atoms with van der Waals surface area (Å²) in [6.45, 7) is 7.02. The number of hydrogen-bond donors (Lipinski definition) is 5. The van der Waals surface area contributed by atoms with Crippen molar-refractivity contribution in [1.82, 2.24) is 20.9 Å². The van der Waals surface area contributed by atoms with Crippen LogP contribution in [0.3, 0.4) is 0 Å². The van der Waals surface area contributed by atoms with Crippen molar-refractivity contribution in [1.29, 1.82) is 0 Å². The molecular weight excluding hydrogens is 319 g/mol. The summed E-state index contributed by atoms with van der Waals surface area (Å²) in [6, 6.07) is 0. The molecule has 1 fully saturated rings. The number of hydrogen-bond acceptors (Lipinski definition) is 6. The molecule has 0 atom stereocenters. The summed E-state index contributed by atoms with van der Waals surface area (Å²) in [7, 11) is 0. The lowest BCUT2D eigenvalue weighted by Crippen LogP contribution is -2.45. The molecular formula is C12H24F3N5O3. The molecule has 1 rings (SSSR count). The van der Waals surface area contributed by atoms with E-state index in [4.69, 9.17) is 15.6 Å². The van der Waals surface area contributed by atoms with Crippen molar-refractivity contribution < 1.29 is 27.9 Å². The highest BCUT2D eigenvalue weighted by Gasteiger charge is 2.38.